The molecule has 86 valence electrons. The summed E-state index contributed by atoms with van der Waals surface area (Å²) in [5.41, 5.74) is -0.536. The first kappa shape index (κ1) is 10.9. The van der Waals surface area contributed by atoms with Gasteiger partial charge in [0.15, 0.2) is 5.60 Å². The highest BCUT2D eigenvalue weighted by atomic mass is 16.7. The van der Waals surface area contributed by atoms with E-state index in [9.17, 15) is 4.79 Å². The van der Waals surface area contributed by atoms with Crippen molar-refractivity contribution in [3.05, 3.63) is 0 Å². The van der Waals surface area contributed by atoms with Crippen LogP contribution in [-0.2, 0) is 14.3 Å². The van der Waals surface area contributed by atoms with Gasteiger partial charge in [-0.3, -0.25) is 0 Å². The molecule has 0 bridgehead atoms. The molecule has 3 nitrogen and oxygen atoms in total. The zero-order valence-corrected chi connectivity index (χ0v) is 9.62. The lowest BCUT2D eigenvalue weighted by molar-refractivity contribution is -0.151. The minimum atomic E-state index is -0.536. The summed E-state index contributed by atoms with van der Waals surface area (Å²) < 4.78 is 10.8. The van der Waals surface area contributed by atoms with Crippen LogP contribution in [0, 0.1) is 5.92 Å². The lowest BCUT2D eigenvalue weighted by Gasteiger charge is -2.21. The molecule has 2 aliphatic rings. The maximum atomic E-state index is 11.8. The summed E-state index contributed by atoms with van der Waals surface area (Å²) >= 11 is 0. The van der Waals surface area contributed by atoms with Crippen molar-refractivity contribution in [2.45, 2.75) is 57.7 Å². The van der Waals surface area contributed by atoms with E-state index in [4.69, 9.17) is 9.47 Å². The van der Waals surface area contributed by atoms with Crippen LogP contribution in [0.25, 0.3) is 0 Å². The van der Waals surface area contributed by atoms with E-state index in [1.807, 2.05) is 0 Å². The van der Waals surface area contributed by atoms with Gasteiger partial charge < -0.3 is 9.47 Å². The van der Waals surface area contributed by atoms with Gasteiger partial charge in [-0.15, -0.1) is 0 Å². The predicted molar refractivity (Wildman–Crippen MR) is 56.5 cm³/mol. The van der Waals surface area contributed by atoms with Gasteiger partial charge in [0.05, 0.1) is 12.7 Å². The number of epoxide rings is 1. The molecule has 1 aliphatic carbocycles. The molecule has 0 amide bonds. The van der Waals surface area contributed by atoms with Gasteiger partial charge in [0.25, 0.3) is 0 Å². The van der Waals surface area contributed by atoms with Gasteiger partial charge in [0, 0.05) is 0 Å². The molecule has 0 aromatic carbocycles. The van der Waals surface area contributed by atoms with Crippen LogP contribution in [0.3, 0.4) is 0 Å². The van der Waals surface area contributed by atoms with Crippen molar-refractivity contribution >= 4 is 5.97 Å². The third-order valence-corrected chi connectivity index (χ3v) is 3.47. The van der Waals surface area contributed by atoms with Crippen LogP contribution in [0.1, 0.15) is 46.0 Å². The van der Waals surface area contributed by atoms with E-state index in [2.05, 4.69) is 13.8 Å². The monoisotopic (exact) mass is 212 g/mol. The normalized spacial score (nSPS) is 38.3. The van der Waals surface area contributed by atoms with Crippen molar-refractivity contribution in [3.63, 3.8) is 0 Å². The molecule has 2 rings (SSSR count). The first-order chi connectivity index (χ1) is 7.19. The summed E-state index contributed by atoms with van der Waals surface area (Å²) in [6, 6.07) is 0. The largest absolute Gasteiger partial charge is 0.463 e. The molecule has 0 spiro atoms. The highest BCUT2D eigenvalue weighted by Crippen LogP contribution is 2.50. The summed E-state index contributed by atoms with van der Waals surface area (Å²) in [4.78, 5) is 11.8. The molecule has 3 unspecified atom stereocenters. The molecule has 3 heteroatoms. The molecule has 1 saturated heterocycles. The first-order valence-electron chi connectivity index (χ1n) is 6.04. The molecule has 0 N–H and O–H groups in total. The fraction of sp³-hybridized carbons (Fsp3) is 0.917. The van der Waals surface area contributed by atoms with Gasteiger partial charge in [-0.2, -0.15) is 0 Å². The number of hydrogen-bond acceptors (Lipinski definition) is 3. The van der Waals surface area contributed by atoms with Crippen LogP contribution in [-0.4, -0.2) is 24.3 Å². The Kier molecular flexibility index (Phi) is 3.01. The zero-order valence-electron chi connectivity index (χ0n) is 9.62. The van der Waals surface area contributed by atoms with Crippen molar-refractivity contribution < 1.29 is 14.3 Å². The molecule has 3 atom stereocenters. The molecular weight excluding hydrogens is 192 g/mol. The van der Waals surface area contributed by atoms with Gasteiger partial charge in [-0.25, -0.2) is 4.79 Å². The second-order valence-corrected chi connectivity index (χ2v) is 4.87. The van der Waals surface area contributed by atoms with E-state index in [-0.39, 0.29) is 12.1 Å². The van der Waals surface area contributed by atoms with E-state index in [0.717, 1.165) is 25.7 Å². The molecule has 0 aromatic rings. The average molecular weight is 212 g/mol. The van der Waals surface area contributed by atoms with Crippen LogP contribution in [0.2, 0.25) is 0 Å². The topological polar surface area (TPSA) is 38.8 Å². The molecule has 1 heterocycles. The molecular formula is C12H20O3. The van der Waals surface area contributed by atoms with Crippen molar-refractivity contribution in [2.24, 2.45) is 5.92 Å². The number of esters is 1. The Bertz CT molecular complexity index is 251. The number of hydrogen-bond donors (Lipinski definition) is 0. The molecule has 2 fully saturated rings. The van der Waals surface area contributed by atoms with Crippen molar-refractivity contribution in [2.75, 3.05) is 6.61 Å². The van der Waals surface area contributed by atoms with Gasteiger partial charge >= 0.3 is 5.97 Å². The third-order valence-electron chi connectivity index (χ3n) is 3.47. The Balaban J connectivity index is 1.85. The highest BCUT2D eigenvalue weighted by Gasteiger charge is 2.65. The second kappa shape index (κ2) is 4.12. The van der Waals surface area contributed by atoms with Crippen molar-refractivity contribution in [1.29, 1.82) is 0 Å². The number of carbonyl (C=O) groups excluding carboxylic acids is 1. The highest BCUT2D eigenvalue weighted by molar-refractivity contribution is 5.83. The molecule has 15 heavy (non-hydrogen) atoms. The van der Waals surface area contributed by atoms with Crippen LogP contribution in [0.4, 0.5) is 0 Å². The summed E-state index contributed by atoms with van der Waals surface area (Å²) in [5, 5.41) is 0. The maximum absolute atomic E-state index is 11.8. The average Bonchev–Trinajstić information content (AvgIpc) is 2.93. The summed E-state index contributed by atoms with van der Waals surface area (Å²) in [6.45, 7) is 4.81. The smallest absolute Gasteiger partial charge is 0.341 e. The summed E-state index contributed by atoms with van der Waals surface area (Å²) in [6.07, 6.45) is 5.20. The van der Waals surface area contributed by atoms with E-state index in [0.29, 0.717) is 12.5 Å². The van der Waals surface area contributed by atoms with Gasteiger partial charge in [-0.05, 0) is 31.6 Å². The van der Waals surface area contributed by atoms with Crippen LogP contribution < -0.4 is 0 Å². The summed E-state index contributed by atoms with van der Waals surface area (Å²) in [5.74, 6) is 0.468. The fourth-order valence-corrected chi connectivity index (χ4v) is 2.44. The molecule has 1 saturated carbocycles. The van der Waals surface area contributed by atoms with Crippen molar-refractivity contribution in [1.82, 2.24) is 0 Å². The Morgan fingerprint density at radius 3 is 3.07 bits per heavy atom. The Hall–Kier alpha value is -0.570. The quantitative estimate of drug-likeness (QED) is 0.408. The van der Waals surface area contributed by atoms with Gasteiger partial charge in [0.1, 0.15) is 0 Å². The standard InChI is InChI=1S/C12H20O3/c1-3-4-7-14-11(13)12-8-9(2)5-6-10(12)15-12/h9-10H,3-8H2,1-2H3. The zero-order chi connectivity index (χ0) is 10.9. The first-order valence-corrected chi connectivity index (χ1v) is 6.04. The van der Waals surface area contributed by atoms with Gasteiger partial charge in [-0.1, -0.05) is 20.3 Å². The predicted octanol–water partition coefficient (Wildman–Crippen LogP) is 2.29. The van der Waals surface area contributed by atoms with E-state index in [1.165, 1.54) is 6.42 Å². The number of fused-ring (bicyclic) bond motifs is 1. The van der Waals surface area contributed by atoms with Crippen LogP contribution in [0.5, 0.6) is 0 Å². The number of unbranched alkanes of at least 4 members (excludes halogenated alkanes) is 1. The minimum Gasteiger partial charge on any atom is -0.463 e. The number of rotatable bonds is 4. The molecule has 0 aromatic heterocycles. The Morgan fingerprint density at radius 2 is 2.33 bits per heavy atom. The van der Waals surface area contributed by atoms with E-state index in [1.54, 1.807) is 0 Å². The Morgan fingerprint density at radius 1 is 1.53 bits per heavy atom. The minimum absolute atomic E-state index is 0.118. The van der Waals surface area contributed by atoms with Crippen LogP contribution in [0.15, 0.2) is 0 Å². The number of carbonyl (C=O) groups is 1. The number of ether oxygens (including phenoxy) is 2. The lowest BCUT2D eigenvalue weighted by Crippen LogP contribution is -2.34. The van der Waals surface area contributed by atoms with Gasteiger partial charge in [0.2, 0.25) is 0 Å². The summed E-state index contributed by atoms with van der Waals surface area (Å²) in [7, 11) is 0. The Labute approximate surface area is 91.1 Å². The van der Waals surface area contributed by atoms with Crippen molar-refractivity contribution in [3.8, 4) is 0 Å². The van der Waals surface area contributed by atoms with E-state index >= 15 is 0 Å². The fourth-order valence-electron chi connectivity index (χ4n) is 2.44. The molecule has 0 radical (unpaired) electrons. The maximum Gasteiger partial charge on any atom is 0.341 e. The second-order valence-electron chi connectivity index (χ2n) is 4.87. The molecule has 1 aliphatic heterocycles. The SMILES string of the molecule is CCCCOC(=O)C12CC(C)CCC1O2. The van der Waals surface area contributed by atoms with E-state index < -0.39 is 5.60 Å². The third kappa shape index (κ3) is 2.03. The van der Waals surface area contributed by atoms with Crippen LogP contribution >= 0.6 is 0 Å². The lowest BCUT2D eigenvalue weighted by atomic mass is 9.82.